The molecular weight excluding hydrogens is 1420 g/mol. The molecule has 0 aliphatic rings. The fourth-order valence-corrected chi connectivity index (χ4v) is 15.4. The fourth-order valence-electron chi connectivity index (χ4n) is 10.3. The molecule has 8 aromatic heterocycles. The molecule has 8 heterocycles. The summed E-state index contributed by atoms with van der Waals surface area (Å²) in [5.41, 5.74) is 11.3. The number of carbonyl (C=O) groups excluding carboxylic acids is 1. The van der Waals surface area contributed by atoms with Crippen molar-refractivity contribution in [3.8, 4) is 32.4 Å². The predicted molar refractivity (Wildman–Crippen MR) is 449 cm³/mol. The van der Waals surface area contributed by atoms with Gasteiger partial charge >= 0.3 is 5.97 Å². The summed E-state index contributed by atoms with van der Waals surface area (Å²) in [4.78, 5) is 43.5. The van der Waals surface area contributed by atoms with Gasteiger partial charge in [0.25, 0.3) is 0 Å². The van der Waals surface area contributed by atoms with Crippen molar-refractivity contribution in [3.05, 3.63) is 206 Å². The zero-order valence-corrected chi connectivity index (χ0v) is 74.2. The highest BCUT2D eigenvalue weighted by Gasteiger charge is 2.27. The van der Waals surface area contributed by atoms with Gasteiger partial charge in [-0.1, -0.05) is 268 Å². The van der Waals surface area contributed by atoms with E-state index in [1.807, 2.05) is 147 Å². The summed E-state index contributed by atoms with van der Waals surface area (Å²) in [7, 11) is 0. The van der Waals surface area contributed by atoms with Gasteiger partial charge in [0.2, 0.25) is 0 Å². The lowest BCUT2D eigenvalue weighted by molar-refractivity contribution is 0.0514. The van der Waals surface area contributed by atoms with Gasteiger partial charge in [-0.3, -0.25) is 0 Å². The number of oxazole rings is 1. The Balaban J connectivity index is 0.000000256. The van der Waals surface area contributed by atoms with Crippen molar-refractivity contribution in [2.45, 2.75) is 278 Å². The Morgan fingerprint density at radius 1 is 0.448 bits per heavy atom. The normalized spacial score (nSPS) is 11.8. The largest absolute Gasteiger partial charge is 0.461 e. The number of benzene rings is 3. The Kier molecular flexibility index (Phi) is 33.1. The molecule has 0 atom stereocenters. The number of thiazole rings is 5. The van der Waals surface area contributed by atoms with Gasteiger partial charge in [-0.2, -0.15) is 0 Å². The van der Waals surface area contributed by atoms with E-state index in [2.05, 4.69) is 251 Å². The molecule has 11 aromatic rings. The van der Waals surface area contributed by atoms with Crippen molar-refractivity contribution in [1.29, 1.82) is 0 Å². The lowest BCUT2D eigenvalue weighted by Crippen LogP contribution is -2.11. The number of esters is 1. The minimum absolute atomic E-state index is 0.0139. The highest BCUT2D eigenvalue weighted by molar-refractivity contribution is 7.15. The lowest BCUT2D eigenvalue weighted by Gasteiger charge is -2.16. The molecule has 0 fully saturated rings. The Bertz CT molecular complexity index is 4320. The van der Waals surface area contributed by atoms with Crippen molar-refractivity contribution in [2.75, 3.05) is 6.61 Å². The standard InChI is InChI=1S/C14H16ClNS.C14H17NS.C13H15NO.C10H15NO3.C10H17NS.C9H15NO.C9H15NS.C7H11NS/c1-9-12(14(2,3)4)17-13(16-9)10-5-7-11(15)8-6-10;1-10-12(14(2,3)4)16-13(15-10)11-8-6-5-7-9-11;1-13(2,3)12-9-11(14-15-12)10-7-5-4-6-8-10;1-5-13-9(12)7-6-8(14-11-7)10(2,3)4;1-6-8-11-7(2)9(12-8)10(3,4)5;2*1-6-8(9(3,4)5)11-7(2)10-6;1-7(2,3)6-8-4-5-9-6/h5-8H,1-4H3;5-9H,1-4H3;4-9H,1-3H3;6H,5H2,1-4H3;6H2,1-5H3;2*1-5H3;4-5H,1-3H3. The van der Waals surface area contributed by atoms with E-state index in [1.54, 1.807) is 35.7 Å². The number of carbonyl (C=O) groups is 1. The molecule has 13 nitrogen and oxygen atoms in total. The van der Waals surface area contributed by atoms with Gasteiger partial charge in [0.05, 0.1) is 50.1 Å². The summed E-state index contributed by atoms with van der Waals surface area (Å²) in [5, 5.41) is 16.4. The van der Waals surface area contributed by atoms with Crippen LogP contribution in [0.1, 0.15) is 277 Å². The van der Waals surface area contributed by atoms with Gasteiger partial charge in [-0.25, -0.2) is 34.7 Å². The van der Waals surface area contributed by atoms with E-state index in [0.717, 1.165) is 72.8 Å². The molecule has 0 bridgehead atoms. The molecule has 0 aliphatic heterocycles. The predicted octanol–water partition coefficient (Wildman–Crippen LogP) is 26.7. The molecule has 0 saturated heterocycles. The number of nitrogens with zero attached hydrogens (tertiary/aromatic N) is 8. The molecule has 0 radical (unpaired) electrons. The molecule has 0 spiro atoms. The smallest absolute Gasteiger partial charge is 0.360 e. The van der Waals surface area contributed by atoms with Gasteiger partial charge in [-0.05, 0) is 88.7 Å². The molecule has 0 aliphatic carbocycles. The third-order valence-corrected chi connectivity index (χ3v) is 23.1. The van der Waals surface area contributed by atoms with Gasteiger partial charge in [0.15, 0.2) is 11.6 Å². The van der Waals surface area contributed by atoms with Crippen LogP contribution >= 0.6 is 68.3 Å². The number of aromatic nitrogens is 8. The maximum atomic E-state index is 11.2. The van der Waals surface area contributed by atoms with E-state index in [-0.39, 0.29) is 49.0 Å². The maximum absolute atomic E-state index is 11.2. The second-order valence-electron chi connectivity index (χ2n) is 34.0. The molecule has 105 heavy (non-hydrogen) atoms. The average molecular weight is 1540 g/mol. The summed E-state index contributed by atoms with van der Waals surface area (Å²) in [5.74, 6) is 2.91. The molecule has 0 amide bonds. The second-order valence-corrected chi connectivity index (χ2v) is 39.6. The summed E-state index contributed by atoms with van der Waals surface area (Å²) in [6.45, 7) is 70.5. The van der Waals surface area contributed by atoms with Crippen LogP contribution in [0, 0.1) is 48.5 Å². The number of hydrogen-bond donors (Lipinski definition) is 0. The zero-order chi connectivity index (χ0) is 79.6. The number of rotatable bonds is 6. The van der Waals surface area contributed by atoms with Crippen LogP contribution in [-0.4, -0.2) is 52.8 Å². The van der Waals surface area contributed by atoms with Gasteiger partial charge in [-0.15, -0.1) is 56.7 Å². The molecule has 0 N–H and O–H groups in total. The van der Waals surface area contributed by atoms with E-state index < -0.39 is 5.97 Å². The van der Waals surface area contributed by atoms with Crippen LogP contribution in [0.25, 0.3) is 32.4 Å². The Morgan fingerprint density at radius 2 is 0.876 bits per heavy atom. The van der Waals surface area contributed by atoms with Crippen LogP contribution in [-0.2, 0) is 54.5 Å². The highest BCUT2D eigenvalue weighted by atomic mass is 35.5. The van der Waals surface area contributed by atoms with Crippen LogP contribution in [0.3, 0.4) is 0 Å². The van der Waals surface area contributed by atoms with E-state index in [9.17, 15) is 4.79 Å². The van der Waals surface area contributed by atoms with Gasteiger partial charge in [0, 0.05) is 93.5 Å². The summed E-state index contributed by atoms with van der Waals surface area (Å²) >= 11 is 14.9. The average Bonchev–Trinajstić information content (AvgIpc) is 1.67. The van der Waals surface area contributed by atoms with Crippen molar-refractivity contribution in [2.24, 2.45) is 0 Å². The molecular formula is C86H121ClN8O5S5. The SMILES string of the molecule is CC(C)(C)c1cc(-c2ccccc2)no1.CC(C)(C)c1nccs1.CCOC(=O)c1cc(C(C)(C)C)on1.CCc1nc(C)c(C(C)(C)C)s1.Cc1nc(-c2ccc(Cl)cc2)sc1C(C)(C)C.Cc1nc(-c2ccccc2)sc1C(C)(C)C.Cc1nc(C)c(C(C)(C)C)o1.Cc1nc(C)c(C(C)(C)C)s1. The molecule has 3 aromatic carbocycles. The third-order valence-electron chi connectivity index (χ3n) is 15.2. The van der Waals surface area contributed by atoms with Gasteiger partial charge in [0.1, 0.15) is 33.0 Å². The van der Waals surface area contributed by atoms with Crippen molar-refractivity contribution in [3.63, 3.8) is 0 Å². The van der Waals surface area contributed by atoms with Crippen molar-refractivity contribution in [1.82, 2.24) is 40.2 Å². The quantitative estimate of drug-likeness (QED) is 0.144. The molecule has 572 valence electrons. The van der Waals surface area contributed by atoms with Crippen LogP contribution < -0.4 is 0 Å². The highest BCUT2D eigenvalue weighted by Crippen LogP contribution is 2.39. The van der Waals surface area contributed by atoms with Crippen LogP contribution in [0.5, 0.6) is 0 Å². The molecule has 19 heteroatoms. The van der Waals surface area contributed by atoms with E-state index in [1.165, 1.54) is 51.5 Å². The molecule has 0 saturated carbocycles. The maximum Gasteiger partial charge on any atom is 0.360 e. The first-order valence-corrected chi connectivity index (χ1v) is 40.5. The Morgan fingerprint density at radius 3 is 1.19 bits per heavy atom. The first kappa shape index (κ1) is 90.6. The molecule has 11 rings (SSSR count). The minimum atomic E-state index is -0.438. The second kappa shape index (κ2) is 38.3. The van der Waals surface area contributed by atoms with E-state index in [0.29, 0.717) is 12.4 Å². The minimum Gasteiger partial charge on any atom is -0.461 e. The van der Waals surface area contributed by atoms with Crippen LogP contribution in [0.2, 0.25) is 5.02 Å². The van der Waals surface area contributed by atoms with Crippen LogP contribution in [0.15, 0.2) is 122 Å². The third kappa shape index (κ3) is 29.4. The first-order valence-electron chi connectivity index (χ1n) is 36.0. The fraction of sp³-hybridized carbons (Fsp3) is 0.500. The van der Waals surface area contributed by atoms with Crippen LogP contribution in [0.4, 0.5) is 0 Å². The Hall–Kier alpha value is -6.80. The summed E-state index contributed by atoms with van der Waals surface area (Å²) < 4.78 is 20.6. The van der Waals surface area contributed by atoms with Crippen molar-refractivity contribution >= 4 is 74.3 Å². The zero-order valence-electron chi connectivity index (χ0n) is 69.3. The first-order chi connectivity index (χ1) is 48.2. The number of ether oxygens (including phenoxy) is 1. The topological polar surface area (TPSA) is 169 Å². The van der Waals surface area contributed by atoms with Gasteiger partial charge < -0.3 is 18.2 Å². The van der Waals surface area contributed by atoms with E-state index >= 15 is 0 Å². The Labute approximate surface area is 655 Å². The summed E-state index contributed by atoms with van der Waals surface area (Å²) in [6, 6.07) is 31.9. The number of halogens is 1. The molecule has 0 unspecified atom stereocenters. The monoisotopic (exact) mass is 1540 g/mol. The van der Waals surface area contributed by atoms with E-state index in [4.69, 9.17) is 29.8 Å². The lowest BCUT2D eigenvalue weighted by atomic mass is 9.92. The summed E-state index contributed by atoms with van der Waals surface area (Å²) in [6.07, 6.45) is 2.91. The number of hydrogen-bond acceptors (Lipinski definition) is 18. The number of aryl methyl sites for hydroxylation is 8. The van der Waals surface area contributed by atoms with Crippen molar-refractivity contribution < 1.29 is 23.0 Å².